The molecule has 2 saturated heterocycles. The van der Waals surface area contributed by atoms with Crippen molar-refractivity contribution < 1.29 is 27.8 Å². The first-order valence-electron chi connectivity index (χ1n) is 11.5. The SMILES string of the molecule is COc1ccc(S(=O)(=O)N2CCCC2COCC(=O)N2CCC(O)(c3ccccn3)CC2)cc1. The van der Waals surface area contributed by atoms with Crippen molar-refractivity contribution in [1.29, 1.82) is 0 Å². The number of sulfonamides is 1. The molecular weight excluding hydrogens is 458 g/mol. The average molecular weight is 490 g/mol. The van der Waals surface area contributed by atoms with E-state index >= 15 is 0 Å². The third-order valence-corrected chi connectivity index (χ3v) is 8.58. The van der Waals surface area contributed by atoms with Crippen molar-refractivity contribution in [3.05, 3.63) is 54.4 Å². The zero-order valence-electron chi connectivity index (χ0n) is 19.3. The molecule has 2 aromatic rings. The topological polar surface area (TPSA) is 109 Å². The van der Waals surface area contributed by atoms with Gasteiger partial charge in [0.2, 0.25) is 15.9 Å². The number of rotatable bonds is 8. The first kappa shape index (κ1) is 24.6. The molecule has 0 aliphatic carbocycles. The first-order valence-corrected chi connectivity index (χ1v) is 12.9. The lowest BCUT2D eigenvalue weighted by Crippen LogP contribution is -2.47. The van der Waals surface area contributed by atoms with Crippen LogP contribution in [0.25, 0.3) is 0 Å². The molecule has 2 aliphatic rings. The van der Waals surface area contributed by atoms with Crippen LogP contribution in [0.15, 0.2) is 53.6 Å². The molecule has 2 aliphatic heterocycles. The van der Waals surface area contributed by atoms with Gasteiger partial charge in [-0.1, -0.05) is 6.07 Å². The molecule has 0 saturated carbocycles. The Morgan fingerprint density at radius 2 is 1.88 bits per heavy atom. The molecule has 1 aromatic carbocycles. The number of aromatic nitrogens is 1. The summed E-state index contributed by atoms with van der Waals surface area (Å²) in [4.78, 5) is 18.8. The summed E-state index contributed by atoms with van der Waals surface area (Å²) in [6.45, 7) is 1.30. The predicted octanol–water partition coefficient (Wildman–Crippen LogP) is 1.77. The summed E-state index contributed by atoms with van der Waals surface area (Å²) in [7, 11) is -2.12. The van der Waals surface area contributed by atoms with Crippen LogP contribution in [-0.4, -0.2) is 79.6 Å². The number of ether oxygens (including phenoxy) is 2. The molecule has 3 heterocycles. The standard InChI is InChI=1S/C24H31N3O6S/c1-32-20-7-9-21(10-8-20)34(30,31)27-14-4-5-19(27)17-33-18-23(28)26-15-11-24(29,12-16-26)22-6-2-3-13-25-22/h2-3,6-10,13,19,29H,4-5,11-12,14-18H2,1H3. The highest BCUT2D eigenvalue weighted by molar-refractivity contribution is 7.89. The average Bonchev–Trinajstić information content (AvgIpc) is 3.34. The van der Waals surface area contributed by atoms with Crippen LogP contribution in [0.3, 0.4) is 0 Å². The summed E-state index contributed by atoms with van der Waals surface area (Å²) in [6.07, 6.45) is 3.90. The van der Waals surface area contributed by atoms with E-state index in [1.807, 2.05) is 6.07 Å². The Balaban J connectivity index is 1.28. The van der Waals surface area contributed by atoms with Crippen molar-refractivity contribution in [3.63, 3.8) is 0 Å². The van der Waals surface area contributed by atoms with E-state index < -0.39 is 15.6 Å². The van der Waals surface area contributed by atoms with E-state index in [2.05, 4.69) is 4.98 Å². The molecule has 0 bridgehead atoms. The largest absolute Gasteiger partial charge is 0.497 e. The fourth-order valence-electron chi connectivity index (χ4n) is 4.57. The molecule has 4 rings (SSSR count). The molecule has 0 spiro atoms. The minimum Gasteiger partial charge on any atom is -0.497 e. The number of pyridine rings is 1. The maximum atomic E-state index is 13.1. The number of hydrogen-bond acceptors (Lipinski definition) is 7. The lowest BCUT2D eigenvalue weighted by atomic mass is 9.88. The normalized spacial score (nSPS) is 20.9. The third kappa shape index (κ3) is 5.25. The van der Waals surface area contributed by atoms with Gasteiger partial charge in [-0.3, -0.25) is 9.78 Å². The molecule has 9 nitrogen and oxygen atoms in total. The van der Waals surface area contributed by atoms with Crippen molar-refractivity contribution in [1.82, 2.24) is 14.2 Å². The van der Waals surface area contributed by atoms with E-state index in [-0.39, 0.29) is 30.1 Å². The van der Waals surface area contributed by atoms with Gasteiger partial charge >= 0.3 is 0 Å². The van der Waals surface area contributed by atoms with Gasteiger partial charge in [-0.15, -0.1) is 0 Å². The molecular formula is C24H31N3O6S. The van der Waals surface area contributed by atoms with E-state index in [4.69, 9.17) is 9.47 Å². The molecule has 2 fully saturated rings. The second kappa shape index (κ2) is 10.4. The van der Waals surface area contributed by atoms with Crippen LogP contribution in [-0.2, 0) is 25.2 Å². The number of amides is 1. The van der Waals surface area contributed by atoms with Gasteiger partial charge in [0.1, 0.15) is 18.0 Å². The molecule has 1 N–H and O–H groups in total. The van der Waals surface area contributed by atoms with Crippen LogP contribution >= 0.6 is 0 Å². The van der Waals surface area contributed by atoms with E-state index in [1.165, 1.54) is 23.5 Å². The molecule has 1 unspecified atom stereocenters. The second-order valence-corrected chi connectivity index (χ2v) is 10.6. The Kier molecular flexibility index (Phi) is 7.51. The quantitative estimate of drug-likeness (QED) is 0.602. The molecule has 184 valence electrons. The van der Waals surface area contributed by atoms with Crippen LogP contribution in [0.1, 0.15) is 31.4 Å². The van der Waals surface area contributed by atoms with Crippen molar-refractivity contribution in [2.24, 2.45) is 0 Å². The van der Waals surface area contributed by atoms with Gasteiger partial charge in [0.25, 0.3) is 0 Å². The number of aliphatic hydroxyl groups is 1. The Morgan fingerprint density at radius 3 is 2.53 bits per heavy atom. The highest BCUT2D eigenvalue weighted by Crippen LogP contribution is 2.31. The Labute approximate surface area is 200 Å². The molecule has 34 heavy (non-hydrogen) atoms. The van der Waals surface area contributed by atoms with Crippen LogP contribution < -0.4 is 4.74 Å². The zero-order valence-corrected chi connectivity index (χ0v) is 20.1. The highest BCUT2D eigenvalue weighted by Gasteiger charge is 2.37. The van der Waals surface area contributed by atoms with Crippen LogP contribution in [0.4, 0.5) is 0 Å². The van der Waals surface area contributed by atoms with E-state index in [0.29, 0.717) is 50.3 Å². The number of likely N-dealkylation sites (tertiary alicyclic amines) is 1. The van der Waals surface area contributed by atoms with Crippen molar-refractivity contribution in [2.75, 3.05) is 40.0 Å². The first-order chi connectivity index (χ1) is 16.3. The van der Waals surface area contributed by atoms with Crippen molar-refractivity contribution in [2.45, 2.75) is 42.2 Å². The van der Waals surface area contributed by atoms with E-state index in [9.17, 15) is 18.3 Å². The van der Waals surface area contributed by atoms with Crippen molar-refractivity contribution in [3.8, 4) is 5.75 Å². The summed E-state index contributed by atoms with van der Waals surface area (Å²) >= 11 is 0. The van der Waals surface area contributed by atoms with Gasteiger partial charge in [0.05, 0.1) is 24.3 Å². The number of carbonyl (C=O) groups is 1. The highest BCUT2D eigenvalue weighted by atomic mass is 32.2. The van der Waals surface area contributed by atoms with Gasteiger partial charge < -0.3 is 19.5 Å². The number of carbonyl (C=O) groups excluding carboxylic acids is 1. The minimum atomic E-state index is -3.65. The number of piperidine rings is 1. The molecule has 1 atom stereocenters. The van der Waals surface area contributed by atoms with Gasteiger partial charge in [-0.2, -0.15) is 4.31 Å². The molecule has 1 amide bonds. The Morgan fingerprint density at radius 1 is 1.15 bits per heavy atom. The van der Waals surface area contributed by atoms with Gasteiger partial charge in [-0.05, 0) is 62.1 Å². The second-order valence-electron chi connectivity index (χ2n) is 8.73. The third-order valence-electron chi connectivity index (χ3n) is 6.61. The number of benzene rings is 1. The van der Waals surface area contributed by atoms with Crippen LogP contribution in [0.5, 0.6) is 5.75 Å². The summed E-state index contributed by atoms with van der Waals surface area (Å²) in [5.74, 6) is 0.431. The van der Waals surface area contributed by atoms with Gasteiger partial charge in [0.15, 0.2) is 0 Å². The van der Waals surface area contributed by atoms with E-state index in [0.717, 1.165) is 6.42 Å². The summed E-state index contributed by atoms with van der Waals surface area (Å²) in [5, 5.41) is 10.9. The maximum Gasteiger partial charge on any atom is 0.248 e. The van der Waals surface area contributed by atoms with Gasteiger partial charge in [0, 0.05) is 31.9 Å². The Hall–Kier alpha value is -2.53. The van der Waals surface area contributed by atoms with Crippen LogP contribution in [0, 0.1) is 0 Å². The van der Waals surface area contributed by atoms with Gasteiger partial charge in [-0.25, -0.2) is 8.42 Å². The Bertz CT molecular complexity index is 1070. The fraction of sp³-hybridized carbons (Fsp3) is 0.500. The molecule has 10 heteroatoms. The number of hydrogen-bond donors (Lipinski definition) is 1. The molecule has 0 radical (unpaired) electrons. The predicted molar refractivity (Wildman–Crippen MR) is 125 cm³/mol. The zero-order chi connectivity index (χ0) is 24.2. The van der Waals surface area contributed by atoms with Crippen molar-refractivity contribution >= 4 is 15.9 Å². The maximum absolute atomic E-state index is 13.1. The fourth-order valence-corrected chi connectivity index (χ4v) is 6.25. The lowest BCUT2D eigenvalue weighted by molar-refractivity contribution is -0.141. The smallest absolute Gasteiger partial charge is 0.248 e. The number of methoxy groups -OCH3 is 1. The monoisotopic (exact) mass is 489 g/mol. The summed E-state index contributed by atoms with van der Waals surface area (Å²) in [6, 6.07) is 11.5. The van der Waals surface area contributed by atoms with E-state index in [1.54, 1.807) is 35.4 Å². The lowest BCUT2D eigenvalue weighted by Gasteiger charge is -2.37. The number of nitrogens with zero attached hydrogens (tertiary/aromatic N) is 3. The summed E-state index contributed by atoms with van der Waals surface area (Å²) < 4.78 is 38.4. The minimum absolute atomic E-state index is 0.116. The summed E-state index contributed by atoms with van der Waals surface area (Å²) in [5.41, 5.74) is -0.406. The van der Waals surface area contributed by atoms with Crippen LogP contribution in [0.2, 0.25) is 0 Å². The molecule has 1 aromatic heterocycles.